The molecule has 1 aromatic rings. The molecule has 1 fully saturated rings. The quantitative estimate of drug-likeness (QED) is 0.883. The summed E-state index contributed by atoms with van der Waals surface area (Å²) in [5, 5.41) is 0. The highest BCUT2D eigenvalue weighted by Gasteiger charge is 2.31. The second-order valence-electron chi connectivity index (χ2n) is 3.96. The van der Waals surface area contributed by atoms with Gasteiger partial charge in [0.1, 0.15) is 12.1 Å². The van der Waals surface area contributed by atoms with Crippen LogP contribution in [-0.4, -0.2) is 29.1 Å². The van der Waals surface area contributed by atoms with Crippen LogP contribution >= 0.6 is 15.9 Å². The second kappa shape index (κ2) is 4.45. The lowest BCUT2D eigenvalue weighted by atomic mass is 10.0. The third-order valence-electron chi connectivity index (χ3n) is 3.04. The van der Waals surface area contributed by atoms with Crippen molar-refractivity contribution < 1.29 is 0 Å². The lowest BCUT2D eigenvalue weighted by Crippen LogP contribution is -2.39. The Kier molecular flexibility index (Phi) is 3.21. The molecule has 0 bridgehead atoms. The molecule has 0 radical (unpaired) electrons. The lowest BCUT2D eigenvalue weighted by Gasteiger charge is -2.27. The van der Waals surface area contributed by atoms with Crippen LogP contribution < -0.4 is 10.6 Å². The molecular weight excluding hydrogens is 256 g/mol. The number of hydrogen-bond acceptors (Lipinski definition) is 4. The van der Waals surface area contributed by atoms with Crippen LogP contribution in [0.4, 0.5) is 5.82 Å². The highest BCUT2D eigenvalue weighted by atomic mass is 79.9. The van der Waals surface area contributed by atoms with Gasteiger partial charge in [-0.05, 0) is 28.3 Å². The molecule has 0 amide bonds. The molecule has 2 N–H and O–H groups in total. The van der Waals surface area contributed by atoms with Crippen molar-refractivity contribution in [1.29, 1.82) is 0 Å². The van der Waals surface area contributed by atoms with Crippen LogP contribution in [0.2, 0.25) is 0 Å². The number of rotatable bonds is 2. The van der Waals surface area contributed by atoms with Gasteiger partial charge in [-0.1, -0.05) is 6.92 Å². The molecule has 2 heterocycles. The van der Waals surface area contributed by atoms with E-state index in [1.165, 1.54) is 6.42 Å². The minimum atomic E-state index is 0.399. The van der Waals surface area contributed by atoms with Gasteiger partial charge in [-0.15, -0.1) is 0 Å². The minimum Gasteiger partial charge on any atom is -0.351 e. The summed E-state index contributed by atoms with van der Waals surface area (Å²) in [5.41, 5.74) is 5.80. The zero-order chi connectivity index (χ0) is 10.8. The molecule has 2 unspecified atom stereocenters. The van der Waals surface area contributed by atoms with E-state index in [4.69, 9.17) is 5.73 Å². The Morgan fingerprint density at radius 3 is 3.13 bits per heavy atom. The van der Waals surface area contributed by atoms with E-state index in [1.54, 1.807) is 12.5 Å². The number of halogens is 1. The monoisotopic (exact) mass is 270 g/mol. The standard InChI is InChI=1S/C10H15BrN4/c1-7-2-3-15(9(7)4-12)10-8(11)5-13-6-14-10/h5-7,9H,2-4,12H2,1H3. The Morgan fingerprint density at radius 1 is 1.67 bits per heavy atom. The Balaban J connectivity index is 2.28. The summed E-state index contributed by atoms with van der Waals surface area (Å²) in [6.45, 7) is 3.95. The van der Waals surface area contributed by atoms with Crippen LogP contribution in [0, 0.1) is 5.92 Å². The first kappa shape index (κ1) is 10.8. The molecule has 0 spiro atoms. The highest BCUT2D eigenvalue weighted by Crippen LogP contribution is 2.31. The summed E-state index contributed by atoms with van der Waals surface area (Å²) < 4.78 is 0.942. The van der Waals surface area contributed by atoms with E-state index >= 15 is 0 Å². The predicted molar refractivity (Wildman–Crippen MR) is 63.7 cm³/mol. The van der Waals surface area contributed by atoms with Crippen LogP contribution in [0.3, 0.4) is 0 Å². The molecule has 0 aromatic carbocycles. The largest absolute Gasteiger partial charge is 0.351 e. The molecule has 1 aliphatic heterocycles. The third-order valence-corrected chi connectivity index (χ3v) is 3.60. The topological polar surface area (TPSA) is 55.0 Å². The number of anilines is 1. The maximum Gasteiger partial charge on any atom is 0.146 e. The van der Waals surface area contributed by atoms with Crippen molar-refractivity contribution in [3.8, 4) is 0 Å². The van der Waals surface area contributed by atoms with Gasteiger partial charge in [0, 0.05) is 25.3 Å². The fraction of sp³-hybridized carbons (Fsp3) is 0.600. The molecule has 4 nitrogen and oxygen atoms in total. The molecular formula is C10H15BrN4. The van der Waals surface area contributed by atoms with Gasteiger partial charge >= 0.3 is 0 Å². The molecule has 0 aliphatic carbocycles. The van der Waals surface area contributed by atoms with Gasteiger partial charge in [-0.3, -0.25) is 0 Å². The molecule has 15 heavy (non-hydrogen) atoms. The first-order valence-electron chi connectivity index (χ1n) is 5.16. The van der Waals surface area contributed by atoms with Crippen molar-refractivity contribution in [2.45, 2.75) is 19.4 Å². The Morgan fingerprint density at radius 2 is 2.47 bits per heavy atom. The SMILES string of the molecule is CC1CCN(c2ncncc2Br)C1CN. The average Bonchev–Trinajstić information content (AvgIpc) is 2.60. The average molecular weight is 271 g/mol. The van der Waals surface area contributed by atoms with E-state index in [-0.39, 0.29) is 0 Å². The molecule has 2 atom stereocenters. The highest BCUT2D eigenvalue weighted by molar-refractivity contribution is 9.10. The number of nitrogens with zero attached hydrogens (tertiary/aromatic N) is 3. The molecule has 5 heteroatoms. The molecule has 1 aliphatic rings. The zero-order valence-corrected chi connectivity index (χ0v) is 10.3. The van der Waals surface area contributed by atoms with Crippen molar-refractivity contribution in [1.82, 2.24) is 9.97 Å². The Bertz CT molecular complexity index is 344. The fourth-order valence-electron chi connectivity index (χ4n) is 2.15. The van der Waals surface area contributed by atoms with Crippen molar-refractivity contribution in [3.63, 3.8) is 0 Å². The maximum atomic E-state index is 5.80. The fourth-order valence-corrected chi connectivity index (χ4v) is 2.60. The van der Waals surface area contributed by atoms with Crippen LogP contribution in [0.1, 0.15) is 13.3 Å². The van der Waals surface area contributed by atoms with Gasteiger partial charge in [0.05, 0.1) is 4.47 Å². The predicted octanol–water partition coefficient (Wildman–Crippen LogP) is 1.41. The van der Waals surface area contributed by atoms with Gasteiger partial charge in [0.15, 0.2) is 0 Å². The smallest absolute Gasteiger partial charge is 0.146 e. The van der Waals surface area contributed by atoms with Crippen LogP contribution in [0.15, 0.2) is 17.0 Å². The number of hydrogen-bond donors (Lipinski definition) is 1. The van der Waals surface area contributed by atoms with E-state index in [9.17, 15) is 0 Å². The van der Waals surface area contributed by atoms with E-state index in [0.29, 0.717) is 18.5 Å². The van der Waals surface area contributed by atoms with Crippen molar-refractivity contribution in [2.24, 2.45) is 11.7 Å². The van der Waals surface area contributed by atoms with Crippen molar-refractivity contribution >= 4 is 21.7 Å². The van der Waals surface area contributed by atoms with Crippen LogP contribution in [-0.2, 0) is 0 Å². The lowest BCUT2D eigenvalue weighted by molar-refractivity contribution is 0.517. The normalized spacial score (nSPS) is 25.9. The molecule has 1 saturated heterocycles. The van der Waals surface area contributed by atoms with Crippen LogP contribution in [0.5, 0.6) is 0 Å². The molecule has 0 saturated carbocycles. The second-order valence-corrected chi connectivity index (χ2v) is 4.81. The minimum absolute atomic E-state index is 0.399. The number of nitrogens with two attached hydrogens (primary N) is 1. The van der Waals surface area contributed by atoms with Crippen molar-refractivity contribution in [3.05, 3.63) is 17.0 Å². The molecule has 82 valence electrons. The first-order valence-corrected chi connectivity index (χ1v) is 5.95. The van der Waals surface area contributed by atoms with Gasteiger partial charge in [-0.2, -0.15) is 0 Å². The van der Waals surface area contributed by atoms with Gasteiger partial charge in [-0.25, -0.2) is 9.97 Å². The zero-order valence-electron chi connectivity index (χ0n) is 8.73. The summed E-state index contributed by atoms with van der Waals surface area (Å²) in [6.07, 6.45) is 4.54. The third kappa shape index (κ3) is 1.99. The first-order chi connectivity index (χ1) is 7.24. The van der Waals surface area contributed by atoms with E-state index in [2.05, 4.69) is 37.7 Å². The van der Waals surface area contributed by atoms with Crippen LogP contribution in [0.25, 0.3) is 0 Å². The maximum absolute atomic E-state index is 5.80. The van der Waals surface area contributed by atoms with Crippen molar-refractivity contribution in [2.75, 3.05) is 18.0 Å². The summed E-state index contributed by atoms with van der Waals surface area (Å²) in [5.74, 6) is 1.60. The number of aromatic nitrogens is 2. The molecule has 1 aromatic heterocycles. The van der Waals surface area contributed by atoms with Gasteiger partial charge in [0.2, 0.25) is 0 Å². The summed E-state index contributed by atoms with van der Waals surface area (Å²) in [4.78, 5) is 10.5. The van der Waals surface area contributed by atoms with E-state index in [0.717, 1.165) is 16.8 Å². The summed E-state index contributed by atoms with van der Waals surface area (Å²) >= 11 is 3.48. The van der Waals surface area contributed by atoms with Gasteiger partial charge < -0.3 is 10.6 Å². The Hall–Kier alpha value is -0.680. The Labute approximate surface area is 98.0 Å². The van der Waals surface area contributed by atoms with Gasteiger partial charge in [0.25, 0.3) is 0 Å². The summed E-state index contributed by atoms with van der Waals surface area (Å²) in [6, 6.07) is 0.399. The molecule has 2 rings (SSSR count). The summed E-state index contributed by atoms with van der Waals surface area (Å²) in [7, 11) is 0. The van der Waals surface area contributed by atoms with E-state index in [1.807, 2.05) is 0 Å². The van der Waals surface area contributed by atoms with E-state index < -0.39 is 0 Å².